The van der Waals surface area contributed by atoms with Crippen LogP contribution in [0.1, 0.15) is 56.1 Å². The van der Waals surface area contributed by atoms with Crippen LogP contribution in [0, 0.1) is 12.8 Å². The van der Waals surface area contributed by atoms with Crippen molar-refractivity contribution >= 4 is 23.4 Å². The number of halogens is 1. The van der Waals surface area contributed by atoms with E-state index in [1.807, 2.05) is 54.3 Å². The van der Waals surface area contributed by atoms with Crippen molar-refractivity contribution in [2.75, 3.05) is 33.4 Å². The number of hydrogen-bond donors (Lipinski definition) is 0. The fourth-order valence-electron chi connectivity index (χ4n) is 5.37. The van der Waals surface area contributed by atoms with Gasteiger partial charge in [-0.15, -0.1) is 0 Å². The molecule has 1 saturated heterocycles. The van der Waals surface area contributed by atoms with Crippen LogP contribution in [0.25, 0.3) is 0 Å². The second kappa shape index (κ2) is 12.8. The van der Waals surface area contributed by atoms with Gasteiger partial charge in [-0.1, -0.05) is 67.6 Å². The minimum atomic E-state index is -0.920. The van der Waals surface area contributed by atoms with E-state index in [0.29, 0.717) is 49.4 Å². The Labute approximate surface area is 225 Å². The largest absolute Gasteiger partial charge is 0.490 e. The average Bonchev–Trinajstić information content (AvgIpc) is 3.42. The first-order valence-electron chi connectivity index (χ1n) is 13.4. The molecule has 1 aliphatic carbocycles. The van der Waals surface area contributed by atoms with Crippen LogP contribution in [-0.2, 0) is 20.9 Å². The second-order valence-corrected chi connectivity index (χ2v) is 11.1. The van der Waals surface area contributed by atoms with E-state index in [1.165, 1.54) is 25.7 Å². The molecule has 0 radical (unpaired) electrons. The molecule has 1 atom stereocenters. The van der Waals surface area contributed by atoms with Crippen LogP contribution >= 0.6 is 11.6 Å². The van der Waals surface area contributed by atoms with Gasteiger partial charge in [-0.2, -0.15) is 0 Å². The summed E-state index contributed by atoms with van der Waals surface area (Å²) in [5.41, 5.74) is 1.06. The van der Waals surface area contributed by atoms with Crippen molar-refractivity contribution in [2.45, 2.75) is 64.0 Å². The summed E-state index contributed by atoms with van der Waals surface area (Å²) in [5, 5.41) is 0.674. The van der Waals surface area contributed by atoms with Crippen LogP contribution < -0.4 is 4.74 Å². The molecule has 1 aliphatic heterocycles. The van der Waals surface area contributed by atoms with Gasteiger partial charge < -0.3 is 19.3 Å². The molecular weight excluding hydrogens is 488 g/mol. The monoisotopic (exact) mass is 526 g/mol. The van der Waals surface area contributed by atoms with Crippen molar-refractivity contribution in [3.05, 3.63) is 64.7 Å². The molecule has 1 unspecified atom stereocenters. The van der Waals surface area contributed by atoms with Crippen LogP contribution in [0.4, 0.5) is 0 Å². The molecule has 1 saturated carbocycles. The zero-order valence-electron chi connectivity index (χ0n) is 22.1. The molecule has 37 heavy (non-hydrogen) atoms. The third-order valence-electron chi connectivity index (χ3n) is 7.64. The molecule has 200 valence electrons. The van der Waals surface area contributed by atoms with E-state index < -0.39 is 5.60 Å². The molecular formula is C30H39ClN2O4. The lowest BCUT2D eigenvalue weighted by molar-refractivity contribution is -0.165. The Morgan fingerprint density at radius 3 is 2.65 bits per heavy atom. The number of carbonyl (C=O) groups excluding carboxylic acids is 2. The molecule has 4 rings (SSSR count). The van der Waals surface area contributed by atoms with E-state index in [0.717, 1.165) is 17.5 Å². The fourth-order valence-corrected chi connectivity index (χ4v) is 5.48. The van der Waals surface area contributed by atoms with E-state index in [-0.39, 0.29) is 24.8 Å². The lowest BCUT2D eigenvalue weighted by Gasteiger charge is -2.42. The highest BCUT2D eigenvalue weighted by Gasteiger charge is 2.42. The SMILES string of the molecule is Cc1cc(OCC2(CC(=O)N(C)Cc3ccccc3)CN(C(=O)CCC3CCCC3)CCO2)ccc1Cl. The number of amides is 2. The molecule has 6 nitrogen and oxygen atoms in total. The first-order chi connectivity index (χ1) is 17.8. The number of rotatable bonds is 10. The zero-order chi connectivity index (χ0) is 26.3. The minimum absolute atomic E-state index is 0.0417. The van der Waals surface area contributed by atoms with E-state index in [9.17, 15) is 9.59 Å². The van der Waals surface area contributed by atoms with Gasteiger partial charge >= 0.3 is 0 Å². The summed E-state index contributed by atoms with van der Waals surface area (Å²) in [6, 6.07) is 15.4. The maximum Gasteiger partial charge on any atom is 0.225 e. The molecule has 2 aromatic rings. The number of carbonyl (C=O) groups is 2. The molecule has 7 heteroatoms. The molecule has 2 fully saturated rings. The number of benzene rings is 2. The van der Waals surface area contributed by atoms with Crippen LogP contribution in [0.15, 0.2) is 48.5 Å². The van der Waals surface area contributed by atoms with Crippen molar-refractivity contribution in [3.8, 4) is 5.75 Å². The number of nitrogens with zero attached hydrogens (tertiary/aromatic N) is 2. The smallest absolute Gasteiger partial charge is 0.225 e. The average molecular weight is 527 g/mol. The topological polar surface area (TPSA) is 59.1 Å². The Morgan fingerprint density at radius 2 is 1.92 bits per heavy atom. The summed E-state index contributed by atoms with van der Waals surface area (Å²) < 4.78 is 12.4. The quantitative estimate of drug-likeness (QED) is 0.402. The summed E-state index contributed by atoms with van der Waals surface area (Å²) in [6.07, 6.45) is 6.66. The lowest BCUT2D eigenvalue weighted by Crippen LogP contribution is -2.58. The van der Waals surface area contributed by atoms with Crippen LogP contribution in [0.5, 0.6) is 5.75 Å². The third kappa shape index (κ3) is 7.71. The van der Waals surface area contributed by atoms with Crippen LogP contribution in [0.3, 0.4) is 0 Å². The number of hydrogen-bond acceptors (Lipinski definition) is 4. The van der Waals surface area contributed by atoms with Gasteiger partial charge in [0, 0.05) is 31.6 Å². The summed E-state index contributed by atoms with van der Waals surface area (Å²) in [6.45, 7) is 3.87. The maximum atomic E-state index is 13.4. The van der Waals surface area contributed by atoms with Gasteiger partial charge in [0.1, 0.15) is 18.0 Å². The normalized spacial score (nSPS) is 20.1. The van der Waals surface area contributed by atoms with Crippen LogP contribution in [-0.4, -0.2) is 60.6 Å². The molecule has 0 spiro atoms. The highest BCUT2D eigenvalue weighted by Crippen LogP contribution is 2.30. The predicted octanol–water partition coefficient (Wildman–Crippen LogP) is 5.64. The fraction of sp³-hybridized carbons (Fsp3) is 0.533. The molecule has 2 aromatic carbocycles. The minimum Gasteiger partial charge on any atom is -0.490 e. The van der Waals surface area contributed by atoms with E-state index in [1.54, 1.807) is 18.0 Å². The molecule has 0 N–H and O–H groups in total. The predicted molar refractivity (Wildman–Crippen MR) is 146 cm³/mol. The van der Waals surface area contributed by atoms with E-state index in [2.05, 4.69) is 0 Å². The molecule has 1 heterocycles. The standard InChI is InChI=1S/C30H39ClN2O4/c1-23-18-26(13-14-27(23)31)36-22-30(19-29(35)32(2)20-25-10-4-3-5-11-25)21-33(16-17-37-30)28(34)15-12-24-8-6-7-9-24/h3-5,10-11,13-14,18,24H,6-9,12,15-17,19-22H2,1-2H3. The van der Waals surface area contributed by atoms with Crippen molar-refractivity contribution in [1.29, 1.82) is 0 Å². The molecule has 2 aliphatic rings. The Bertz CT molecular complexity index is 1060. The Balaban J connectivity index is 1.45. The van der Waals surface area contributed by atoms with Gasteiger partial charge in [-0.3, -0.25) is 9.59 Å². The Morgan fingerprint density at radius 1 is 1.16 bits per heavy atom. The zero-order valence-corrected chi connectivity index (χ0v) is 22.8. The van der Waals surface area contributed by atoms with Gasteiger partial charge in [0.15, 0.2) is 0 Å². The summed E-state index contributed by atoms with van der Waals surface area (Å²) in [4.78, 5) is 30.1. The molecule has 2 amide bonds. The Hall–Kier alpha value is -2.57. The van der Waals surface area contributed by atoms with E-state index >= 15 is 0 Å². The first-order valence-corrected chi connectivity index (χ1v) is 13.8. The summed E-state index contributed by atoms with van der Waals surface area (Å²) >= 11 is 6.18. The first kappa shape index (κ1) is 27.5. The molecule has 0 bridgehead atoms. The summed E-state index contributed by atoms with van der Waals surface area (Å²) in [7, 11) is 1.81. The van der Waals surface area contributed by atoms with Gasteiger partial charge in [-0.25, -0.2) is 0 Å². The molecule has 0 aromatic heterocycles. The van der Waals surface area contributed by atoms with Crippen molar-refractivity contribution in [2.24, 2.45) is 5.92 Å². The highest BCUT2D eigenvalue weighted by atomic mass is 35.5. The van der Waals surface area contributed by atoms with Crippen molar-refractivity contribution in [3.63, 3.8) is 0 Å². The number of ether oxygens (including phenoxy) is 2. The number of morpholine rings is 1. The second-order valence-electron chi connectivity index (χ2n) is 10.6. The van der Waals surface area contributed by atoms with Gasteiger partial charge in [0.05, 0.1) is 19.6 Å². The van der Waals surface area contributed by atoms with Crippen molar-refractivity contribution < 1.29 is 19.1 Å². The highest BCUT2D eigenvalue weighted by molar-refractivity contribution is 6.31. The van der Waals surface area contributed by atoms with Crippen LogP contribution in [0.2, 0.25) is 5.02 Å². The van der Waals surface area contributed by atoms with Gasteiger partial charge in [0.25, 0.3) is 0 Å². The number of aryl methyl sites for hydroxylation is 1. The maximum absolute atomic E-state index is 13.4. The summed E-state index contributed by atoms with van der Waals surface area (Å²) in [5.74, 6) is 1.44. The Kier molecular flexibility index (Phi) is 9.49. The lowest BCUT2D eigenvalue weighted by atomic mass is 9.95. The van der Waals surface area contributed by atoms with Crippen molar-refractivity contribution in [1.82, 2.24) is 9.80 Å². The third-order valence-corrected chi connectivity index (χ3v) is 8.06. The van der Waals surface area contributed by atoms with E-state index in [4.69, 9.17) is 21.1 Å². The van der Waals surface area contributed by atoms with Gasteiger partial charge in [-0.05, 0) is 48.6 Å². The van der Waals surface area contributed by atoms with Gasteiger partial charge in [0.2, 0.25) is 11.8 Å².